The van der Waals surface area contributed by atoms with Crippen LogP contribution in [0.25, 0.3) is 0 Å². The molecule has 2 rings (SSSR count). The van der Waals surface area contributed by atoms with E-state index >= 15 is 0 Å². The lowest BCUT2D eigenvalue weighted by Crippen LogP contribution is -2.24. The van der Waals surface area contributed by atoms with Gasteiger partial charge in [-0.25, -0.2) is 4.98 Å². The summed E-state index contributed by atoms with van der Waals surface area (Å²) < 4.78 is 38.0. The van der Waals surface area contributed by atoms with Crippen molar-refractivity contribution in [2.45, 2.75) is 20.0 Å². The summed E-state index contributed by atoms with van der Waals surface area (Å²) in [5, 5.41) is 5.34. The van der Waals surface area contributed by atoms with E-state index < -0.39 is 11.7 Å². The molecule has 0 saturated heterocycles. The lowest BCUT2D eigenvalue weighted by Gasteiger charge is -2.19. The van der Waals surface area contributed by atoms with E-state index in [0.29, 0.717) is 5.69 Å². The van der Waals surface area contributed by atoms with Crippen LogP contribution in [0.1, 0.15) is 19.4 Å². The maximum Gasteiger partial charge on any atom is 0.416 e. The summed E-state index contributed by atoms with van der Waals surface area (Å²) in [7, 11) is 0. The molecular formula is C18H21F3N4O. The molecule has 0 atom stereocenters. The van der Waals surface area contributed by atoms with Crippen LogP contribution in [0.15, 0.2) is 42.6 Å². The van der Waals surface area contributed by atoms with Crippen LogP contribution in [0, 0.1) is 0 Å². The van der Waals surface area contributed by atoms with Crippen LogP contribution in [-0.2, 0) is 11.0 Å². The minimum Gasteiger partial charge on any atom is -0.376 e. The zero-order valence-corrected chi connectivity index (χ0v) is 14.6. The number of nitrogens with zero attached hydrogens (tertiary/aromatic N) is 2. The molecule has 0 aliphatic carbocycles. The van der Waals surface area contributed by atoms with Gasteiger partial charge in [0.25, 0.3) is 0 Å². The second kappa shape index (κ2) is 8.55. The van der Waals surface area contributed by atoms with E-state index in [1.54, 1.807) is 12.3 Å². The Labute approximate surface area is 150 Å². The monoisotopic (exact) mass is 366 g/mol. The van der Waals surface area contributed by atoms with Gasteiger partial charge in [-0.15, -0.1) is 0 Å². The number of hydrogen-bond acceptors (Lipinski definition) is 4. The summed E-state index contributed by atoms with van der Waals surface area (Å²) in [6, 6.07) is 8.26. The first kappa shape index (κ1) is 19.6. The molecule has 1 heterocycles. The molecule has 0 bridgehead atoms. The molecule has 0 unspecified atom stereocenters. The third kappa shape index (κ3) is 5.37. The minimum absolute atomic E-state index is 0.154. The molecule has 5 nitrogen and oxygen atoms in total. The fourth-order valence-electron chi connectivity index (χ4n) is 2.39. The van der Waals surface area contributed by atoms with Gasteiger partial charge in [0.2, 0.25) is 5.91 Å². The van der Waals surface area contributed by atoms with Crippen molar-refractivity contribution in [2.24, 2.45) is 0 Å². The molecule has 0 aliphatic heterocycles. The number of halogens is 3. The average Bonchev–Trinajstić information content (AvgIpc) is 2.62. The molecule has 140 valence electrons. The number of anilines is 3. The Morgan fingerprint density at radius 3 is 2.42 bits per heavy atom. The highest BCUT2D eigenvalue weighted by molar-refractivity contribution is 5.93. The van der Waals surface area contributed by atoms with Crippen molar-refractivity contribution in [3.63, 3.8) is 0 Å². The number of amides is 1. The summed E-state index contributed by atoms with van der Waals surface area (Å²) in [5.74, 6) is 0.440. The fraction of sp³-hybridized carbons (Fsp3) is 0.333. The van der Waals surface area contributed by atoms with Crippen molar-refractivity contribution in [3.8, 4) is 0 Å². The number of aromatic nitrogens is 1. The van der Waals surface area contributed by atoms with Crippen molar-refractivity contribution < 1.29 is 18.0 Å². The first-order valence-electron chi connectivity index (χ1n) is 8.25. The lowest BCUT2D eigenvalue weighted by molar-refractivity contribution is -0.137. The normalized spacial score (nSPS) is 11.1. The predicted molar refractivity (Wildman–Crippen MR) is 96.4 cm³/mol. The number of nitrogens with one attached hydrogen (secondary N) is 2. The molecule has 0 aliphatic rings. The second-order valence-corrected chi connectivity index (χ2v) is 5.56. The zero-order valence-electron chi connectivity index (χ0n) is 14.6. The molecule has 1 aromatic heterocycles. The van der Waals surface area contributed by atoms with Gasteiger partial charge in [-0.2, -0.15) is 13.2 Å². The number of carbonyl (C=O) groups is 1. The van der Waals surface area contributed by atoms with E-state index in [1.165, 1.54) is 12.1 Å². The number of carbonyl (C=O) groups excluding carboxylic acids is 1. The second-order valence-electron chi connectivity index (χ2n) is 5.56. The standard InChI is InChI=1S/C18H21F3N4O/c1-3-25(4-2)16-9-8-15(11-23-16)24-17(26)12-22-14-7-5-6-13(10-14)18(19,20)21/h5-11,22H,3-4,12H2,1-2H3,(H,24,26). The molecule has 26 heavy (non-hydrogen) atoms. The smallest absolute Gasteiger partial charge is 0.376 e. The molecule has 2 aromatic rings. The number of benzene rings is 1. The molecular weight excluding hydrogens is 345 g/mol. The molecule has 0 spiro atoms. The summed E-state index contributed by atoms with van der Waals surface area (Å²) in [6.45, 7) is 5.56. The zero-order chi connectivity index (χ0) is 19.2. The van der Waals surface area contributed by atoms with Crippen molar-refractivity contribution in [2.75, 3.05) is 35.2 Å². The summed E-state index contributed by atoms with van der Waals surface area (Å²) in [5.41, 5.74) is -0.0131. The van der Waals surface area contributed by atoms with Crippen LogP contribution < -0.4 is 15.5 Å². The summed E-state index contributed by atoms with van der Waals surface area (Å²) in [6.07, 6.45) is -2.87. The van der Waals surface area contributed by atoms with Gasteiger partial charge in [-0.1, -0.05) is 6.07 Å². The highest BCUT2D eigenvalue weighted by atomic mass is 19.4. The molecule has 0 fully saturated rings. The van der Waals surface area contributed by atoms with Gasteiger partial charge in [0.1, 0.15) is 5.82 Å². The van der Waals surface area contributed by atoms with Crippen molar-refractivity contribution in [3.05, 3.63) is 48.2 Å². The quantitative estimate of drug-likeness (QED) is 0.778. The molecule has 0 saturated carbocycles. The molecule has 8 heteroatoms. The Morgan fingerprint density at radius 2 is 1.85 bits per heavy atom. The Hall–Kier alpha value is -2.77. The van der Waals surface area contributed by atoms with E-state index in [0.717, 1.165) is 31.0 Å². The number of hydrogen-bond donors (Lipinski definition) is 2. The van der Waals surface area contributed by atoms with E-state index in [2.05, 4.69) is 20.5 Å². The van der Waals surface area contributed by atoms with E-state index in [1.807, 2.05) is 19.9 Å². The van der Waals surface area contributed by atoms with Gasteiger partial charge in [-0.3, -0.25) is 4.79 Å². The van der Waals surface area contributed by atoms with Gasteiger partial charge in [-0.05, 0) is 44.2 Å². The maximum atomic E-state index is 12.7. The Kier molecular flexibility index (Phi) is 6.43. The molecule has 0 radical (unpaired) electrons. The molecule has 1 aromatic carbocycles. The first-order valence-corrected chi connectivity index (χ1v) is 8.25. The highest BCUT2D eigenvalue weighted by Crippen LogP contribution is 2.30. The third-order valence-corrected chi connectivity index (χ3v) is 3.76. The van der Waals surface area contributed by atoms with Crippen LogP contribution in [0.2, 0.25) is 0 Å². The van der Waals surface area contributed by atoms with Crippen molar-refractivity contribution >= 4 is 23.1 Å². The van der Waals surface area contributed by atoms with Crippen molar-refractivity contribution in [1.29, 1.82) is 0 Å². The SMILES string of the molecule is CCN(CC)c1ccc(NC(=O)CNc2cccc(C(F)(F)F)c2)cn1. The third-order valence-electron chi connectivity index (χ3n) is 3.76. The Morgan fingerprint density at radius 1 is 1.12 bits per heavy atom. The molecule has 2 N–H and O–H groups in total. The van der Waals surface area contributed by atoms with Gasteiger partial charge in [0, 0.05) is 18.8 Å². The summed E-state index contributed by atoms with van der Waals surface area (Å²) in [4.78, 5) is 18.3. The highest BCUT2D eigenvalue weighted by Gasteiger charge is 2.30. The Bertz CT molecular complexity index is 728. The average molecular weight is 366 g/mol. The summed E-state index contributed by atoms with van der Waals surface area (Å²) >= 11 is 0. The minimum atomic E-state index is -4.42. The van der Waals surface area contributed by atoms with E-state index in [4.69, 9.17) is 0 Å². The first-order chi connectivity index (χ1) is 12.3. The Balaban J connectivity index is 1.91. The van der Waals surface area contributed by atoms with Crippen LogP contribution in [0.4, 0.5) is 30.4 Å². The predicted octanol–water partition coefficient (Wildman–Crippen LogP) is 4.00. The number of alkyl halides is 3. The van der Waals surface area contributed by atoms with Crippen LogP contribution in [-0.4, -0.2) is 30.5 Å². The topological polar surface area (TPSA) is 57.3 Å². The van der Waals surface area contributed by atoms with Gasteiger partial charge < -0.3 is 15.5 Å². The van der Waals surface area contributed by atoms with Crippen LogP contribution >= 0.6 is 0 Å². The largest absolute Gasteiger partial charge is 0.416 e. The maximum absolute atomic E-state index is 12.7. The number of rotatable bonds is 7. The lowest BCUT2D eigenvalue weighted by atomic mass is 10.2. The fourth-order valence-corrected chi connectivity index (χ4v) is 2.39. The molecule has 1 amide bonds. The van der Waals surface area contributed by atoms with E-state index in [9.17, 15) is 18.0 Å². The van der Waals surface area contributed by atoms with Crippen LogP contribution in [0.5, 0.6) is 0 Å². The van der Waals surface area contributed by atoms with Crippen molar-refractivity contribution in [1.82, 2.24) is 4.98 Å². The van der Waals surface area contributed by atoms with E-state index in [-0.39, 0.29) is 18.1 Å². The van der Waals surface area contributed by atoms with Crippen LogP contribution in [0.3, 0.4) is 0 Å². The number of pyridine rings is 1. The van der Waals surface area contributed by atoms with Gasteiger partial charge in [0.15, 0.2) is 0 Å². The van der Waals surface area contributed by atoms with Gasteiger partial charge in [0.05, 0.1) is 24.0 Å². The van der Waals surface area contributed by atoms with Gasteiger partial charge >= 0.3 is 6.18 Å².